The van der Waals surface area contributed by atoms with E-state index in [0.29, 0.717) is 32.1 Å². The number of hydrogen-bond donors (Lipinski definition) is 1. The quantitative estimate of drug-likeness (QED) is 0.454. The van der Waals surface area contributed by atoms with E-state index in [-0.39, 0.29) is 18.6 Å². The lowest BCUT2D eigenvalue weighted by Crippen LogP contribution is -2.55. The summed E-state index contributed by atoms with van der Waals surface area (Å²) < 4.78 is 6.50. The van der Waals surface area contributed by atoms with Gasteiger partial charge in [0.05, 0.1) is 35.8 Å². The fraction of sp³-hybridized carbons (Fsp3) is 0.452. The first-order valence-electron chi connectivity index (χ1n) is 14.3. The molecule has 9 nitrogen and oxygen atoms in total. The molecule has 214 valence electrons. The zero-order chi connectivity index (χ0) is 28.5. The van der Waals surface area contributed by atoms with Crippen LogP contribution in [0.1, 0.15) is 30.5 Å². The number of aromatic nitrogens is 1. The number of pyridine rings is 1. The number of likely N-dealkylation sites (tertiary alicyclic amines) is 1. The van der Waals surface area contributed by atoms with Crippen molar-refractivity contribution in [1.29, 1.82) is 5.26 Å². The van der Waals surface area contributed by atoms with Crippen molar-refractivity contribution in [2.45, 2.75) is 44.4 Å². The molecule has 2 fully saturated rings. The fourth-order valence-electron chi connectivity index (χ4n) is 6.46. The van der Waals surface area contributed by atoms with Crippen LogP contribution in [0.25, 0.3) is 10.8 Å². The van der Waals surface area contributed by atoms with Gasteiger partial charge in [-0.2, -0.15) is 5.26 Å². The third-order valence-corrected chi connectivity index (χ3v) is 8.97. The zero-order valence-electron chi connectivity index (χ0n) is 23.3. The second kappa shape index (κ2) is 11.6. The maximum Gasteiger partial charge on any atom is 0.407 e. The van der Waals surface area contributed by atoms with E-state index in [9.17, 15) is 15.2 Å². The normalized spacial score (nSPS) is 20.1. The predicted octanol–water partition coefficient (Wildman–Crippen LogP) is 5.01. The van der Waals surface area contributed by atoms with E-state index in [1.807, 2.05) is 18.2 Å². The molecule has 4 heterocycles. The Morgan fingerprint density at radius 2 is 1.88 bits per heavy atom. The summed E-state index contributed by atoms with van der Waals surface area (Å²) in [4.78, 5) is 25.2. The molecule has 0 aliphatic carbocycles. The Balaban J connectivity index is 1.35. The zero-order valence-corrected chi connectivity index (χ0v) is 24.1. The Bertz CT molecular complexity index is 1480. The van der Waals surface area contributed by atoms with Gasteiger partial charge in [-0.15, -0.1) is 0 Å². The molecule has 6 rings (SSSR count). The maximum atomic E-state index is 11.9. The molecule has 41 heavy (non-hydrogen) atoms. The van der Waals surface area contributed by atoms with E-state index in [4.69, 9.17) is 21.3 Å². The van der Waals surface area contributed by atoms with Gasteiger partial charge in [0, 0.05) is 67.7 Å². The molecule has 1 aromatic heterocycles. The van der Waals surface area contributed by atoms with Gasteiger partial charge in [-0.05, 0) is 43.8 Å². The van der Waals surface area contributed by atoms with Crippen molar-refractivity contribution in [1.82, 2.24) is 14.8 Å². The first-order valence-corrected chi connectivity index (χ1v) is 14.7. The topological polar surface area (TPSA) is 96.2 Å². The van der Waals surface area contributed by atoms with Crippen LogP contribution < -0.4 is 14.5 Å². The average molecular weight is 575 g/mol. The molecule has 2 aromatic carbocycles. The molecule has 0 radical (unpaired) electrons. The van der Waals surface area contributed by atoms with Crippen molar-refractivity contribution in [3.8, 4) is 11.9 Å². The predicted molar refractivity (Wildman–Crippen MR) is 160 cm³/mol. The summed E-state index contributed by atoms with van der Waals surface area (Å²) in [6.07, 6.45) is 1.98. The van der Waals surface area contributed by atoms with Gasteiger partial charge >= 0.3 is 6.09 Å². The molecule has 0 unspecified atom stereocenters. The fourth-order valence-corrected chi connectivity index (χ4v) is 6.74. The van der Waals surface area contributed by atoms with Gasteiger partial charge in [-0.25, -0.2) is 9.78 Å². The van der Waals surface area contributed by atoms with Crippen LogP contribution in [0.2, 0.25) is 5.02 Å². The molecule has 3 aromatic rings. The summed E-state index contributed by atoms with van der Waals surface area (Å²) in [6.45, 7) is 4.78. The van der Waals surface area contributed by atoms with E-state index in [1.54, 1.807) is 0 Å². The van der Waals surface area contributed by atoms with E-state index in [0.717, 1.165) is 71.8 Å². The highest BCUT2D eigenvalue weighted by molar-refractivity contribution is 6.36. The van der Waals surface area contributed by atoms with Crippen molar-refractivity contribution in [2.75, 3.05) is 56.1 Å². The van der Waals surface area contributed by atoms with Crippen LogP contribution in [0.3, 0.4) is 0 Å². The van der Waals surface area contributed by atoms with Gasteiger partial charge in [-0.3, -0.25) is 0 Å². The summed E-state index contributed by atoms with van der Waals surface area (Å²) in [5, 5.41) is 22.0. The van der Waals surface area contributed by atoms with Crippen LogP contribution >= 0.6 is 11.6 Å². The lowest BCUT2D eigenvalue weighted by Gasteiger charge is -2.42. The maximum absolute atomic E-state index is 11.9. The van der Waals surface area contributed by atoms with Gasteiger partial charge in [0.2, 0.25) is 5.88 Å². The highest BCUT2D eigenvalue weighted by Gasteiger charge is 2.33. The van der Waals surface area contributed by atoms with Gasteiger partial charge in [0.1, 0.15) is 6.10 Å². The molecule has 3 aliphatic rings. The summed E-state index contributed by atoms with van der Waals surface area (Å²) in [6, 6.07) is 16.1. The van der Waals surface area contributed by atoms with Gasteiger partial charge in [0.15, 0.2) is 0 Å². The molecule has 0 bridgehead atoms. The van der Waals surface area contributed by atoms with Crippen molar-refractivity contribution >= 4 is 39.8 Å². The Morgan fingerprint density at radius 1 is 1.10 bits per heavy atom. The molecule has 0 spiro atoms. The molecule has 1 amide bonds. The lowest BCUT2D eigenvalue weighted by molar-refractivity contribution is 0.109. The summed E-state index contributed by atoms with van der Waals surface area (Å²) in [7, 11) is 2.13. The summed E-state index contributed by atoms with van der Waals surface area (Å²) >= 11 is 6.68. The minimum atomic E-state index is -0.975. The SMILES string of the molecule is CN1CCC(Oc2cc(N3CCN(C(=O)O)[C@@H](CC#N)C3)c3c(n2)CN(c2cccc4cccc(Cl)c24)CC3)CC1. The molecule has 10 heteroatoms. The van der Waals surface area contributed by atoms with E-state index in [1.165, 1.54) is 10.5 Å². The smallest absolute Gasteiger partial charge is 0.407 e. The van der Waals surface area contributed by atoms with Crippen LogP contribution in [0, 0.1) is 11.3 Å². The number of carbonyl (C=O) groups is 1. The van der Waals surface area contributed by atoms with Gasteiger partial charge < -0.3 is 29.4 Å². The molecular formula is C31H35ClN6O3. The number of anilines is 2. The first-order chi connectivity index (χ1) is 19.9. The third kappa shape index (κ3) is 5.59. The minimum absolute atomic E-state index is 0.108. The van der Waals surface area contributed by atoms with Crippen molar-refractivity contribution in [3.05, 3.63) is 58.7 Å². The van der Waals surface area contributed by atoms with E-state index in [2.05, 4.69) is 52.1 Å². The van der Waals surface area contributed by atoms with Gasteiger partial charge in [-0.1, -0.05) is 35.9 Å². The number of amides is 1. The highest BCUT2D eigenvalue weighted by atomic mass is 35.5. The van der Waals surface area contributed by atoms with Crippen LogP contribution in [-0.4, -0.2) is 84.4 Å². The molecule has 3 aliphatic heterocycles. The third-order valence-electron chi connectivity index (χ3n) is 8.66. The van der Waals surface area contributed by atoms with Crippen molar-refractivity contribution in [3.63, 3.8) is 0 Å². The number of benzene rings is 2. The van der Waals surface area contributed by atoms with Crippen LogP contribution in [-0.2, 0) is 13.0 Å². The molecular weight excluding hydrogens is 540 g/mol. The summed E-state index contributed by atoms with van der Waals surface area (Å²) in [5.74, 6) is 0.614. The van der Waals surface area contributed by atoms with Crippen LogP contribution in [0.4, 0.5) is 16.2 Å². The molecule has 2 saturated heterocycles. The lowest BCUT2D eigenvalue weighted by atomic mass is 9.98. The number of ether oxygens (including phenoxy) is 1. The molecule has 0 saturated carbocycles. The standard InChI is InChI=1S/C31H35ClN6O3/c1-35-13-9-23(10-14-35)41-29-18-28(37-16-17-38(31(39)40)22(19-37)8-12-33)24-11-15-36(20-26(24)34-29)27-7-3-5-21-4-2-6-25(32)30(21)27/h2-7,18,22-23H,8-11,13-17,19-20H2,1H3,(H,39,40)/t22-/m0/s1. The second-order valence-electron chi connectivity index (χ2n) is 11.3. The minimum Gasteiger partial charge on any atom is -0.474 e. The Hall–Kier alpha value is -3.74. The number of fused-ring (bicyclic) bond motifs is 2. The number of nitriles is 1. The number of piperazine rings is 1. The molecule has 1 atom stereocenters. The molecule has 1 N–H and O–H groups in total. The van der Waals surface area contributed by atoms with Crippen LogP contribution in [0.15, 0.2) is 42.5 Å². The largest absolute Gasteiger partial charge is 0.474 e. The first kappa shape index (κ1) is 27.4. The van der Waals surface area contributed by atoms with E-state index >= 15 is 0 Å². The van der Waals surface area contributed by atoms with Crippen LogP contribution in [0.5, 0.6) is 5.88 Å². The number of carboxylic acid groups (broad SMARTS) is 1. The Kier molecular flexibility index (Phi) is 7.78. The van der Waals surface area contributed by atoms with E-state index < -0.39 is 6.09 Å². The number of halogens is 1. The Morgan fingerprint density at radius 3 is 2.63 bits per heavy atom. The summed E-state index contributed by atoms with van der Waals surface area (Å²) in [5.41, 5.74) is 4.27. The number of piperidine rings is 1. The number of nitrogens with zero attached hydrogens (tertiary/aromatic N) is 6. The monoisotopic (exact) mass is 574 g/mol. The number of rotatable bonds is 5. The average Bonchev–Trinajstić information content (AvgIpc) is 2.97. The number of hydrogen-bond acceptors (Lipinski definition) is 7. The van der Waals surface area contributed by atoms with Gasteiger partial charge in [0.25, 0.3) is 0 Å². The highest BCUT2D eigenvalue weighted by Crippen LogP contribution is 2.38. The van der Waals surface area contributed by atoms with Crippen molar-refractivity contribution < 1.29 is 14.6 Å². The van der Waals surface area contributed by atoms with Crippen molar-refractivity contribution in [2.24, 2.45) is 0 Å². The second-order valence-corrected chi connectivity index (χ2v) is 11.7. The Labute approximate surface area is 245 Å².